The molecule has 0 fully saturated rings. The van der Waals surface area contributed by atoms with Gasteiger partial charge in [0.1, 0.15) is 5.75 Å². The Kier molecular flexibility index (Phi) is 2.95. The van der Waals surface area contributed by atoms with Crippen molar-refractivity contribution in [3.05, 3.63) is 30.7 Å². The molecule has 0 amide bonds. The maximum atomic E-state index is 5.35. The van der Waals surface area contributed by atoms with Crippen LogP contribution in [0, 0.1) is 6.26 Å². The van der Waals surface area contributed by atoms with Gasteiger partial charge >= 0.3 is 6.08 Å². The molecule has 1 aromatic carbocycles. The van der Waals surface area contributed by atoms with E-state index >= 15 is 0 Å². The molecule has 0 unspecified atom stereocenters. The molecule has 0 spiro atoms. The Morgan fingerprint density at radius 2 is 2.06 bits per heavy atom. The summed E-state index contributed by atoms with van der Waals surface area (Å²) in [6, 6.07) is 5.17. The molecule has 0 bridgehead atoms. The molecule has 2 rings (SSSR count). The molecule has 0 saturated carbocycles. The van der Waals surface area contributed by atoms with Crippen LogP contribution in [0.4, 0.5) is 0 Å². The Balaban J connectivity index is 2.26. The lowest BCUT2D eigenvalue weighted by Crippen LogP contribution is -1.91. The van der Waals surface area contributed by atoms with Crippen molar-refractivity contribution in [1.82, 2.24) is 4.98 Å². The Labute approximate surface area is 92.6 Å². The van der Waals surface area contributed by atoms with Crippen molar-refractivity contribution in [2.45, 2.75) is 0 Å². The number of ether oxygens (including phenoxy) is 3. The van der Waals surface area contributed by atoms with E-state index in [4.69, 9.17) is 18.6 Å². The SMILES string of the molecule is COc1ccc(Oc2nc[c]o2)c(OC)c1. The second kappa shape index (κ2) is 4.57. The minimum atomic E-state index is 0.114. The van der Waals surface area contributed by atoms with Crippen LogP contribution in [0.1, 0.15) is 0 Å². The number of hydrogen-bond acceptors (Lipinski definition) is 5. The number of oxazole rings is 1. The van der Waals surface area contributed by atoms with Gasteiger partial charge < -0.3 is 18.6 Å². The van der Waals surface area contributed by atoms with Gasteiger partial charge in [0.15, 0.2) is 17.8 Å². The Morgan fingerprint density at radius 3 is 2.69 bits per heavy atom. The van der Waals surface area contributed by atoms with E-state index in [9.17, 15) is 0 Å². The van der Waals surface area contributed by atoms with Crippen LogP contribution in [0.2, 0.25) is 0 Å². The summed E-state index contributed by atoms with van der Waals surface area (Å²) in [6.45, 7) is 0. The highest BCUT2D eigenvalue weighted by Crippen LogP contribution is 2.33. The summed E-state index contributed by atoms with van der Waals surface area (Å²) in [5.41, 5.74) is 0. The quantitative estimate of drug-likeness (QED) is 0.791. The highest BCUT2D eigenvalue weighted by atomic mass is 16.6. The lowest BCUT2D eigenvalue weighted by Gasteiger charge is -2.08. The van der Waals surface area contributed by atoms with Gasteiger partial charge in [-0.25, -0.2) is 0 Å². The van der Waals surface area contributed by atoms with E-state index < -0.39 is 0 Å². The Morgan fingerprint density at radius 1 is 1.19 bits per heavy atom. The smallest absolute Gasteiger partial charge is 0.399 e. The van der Waals surface area contributed by atoms with E-state index in [1.807, 2.05) is 0 Å². The summed E-state index contributed by atoms with van der Waals surface area (Å²) in [6.07, 6.45) is 3.93. The Hall–Kier alpha value is -2.17. The minimum absolute atomic E-state index is 0.114. The number of nitrogens with zero attached hydrogens (tertiary/aromatic N) is 1. The predicted molar refractivity (Wildman–Crippen MR) is 55.0 cm³/mol. The van der Waals surface area contributed by atoms with Crippen LogP contribution in [-0.4, -0.2) is 19.2 Å². The lowest BCUT2D eigenvalue weighted by molar-refractivity contribution is 0.307. The van der Waals surface area contributed by atoms with Crippen LogP contribution in [0.25, 0.3) is 0 Å². The van der Waals surface area contributed by atoms with Crippen molar-refractivity contribution in [3.8, 4) is 23.3 Å². The second-order valence-electron chi connectivity index (χ2n) is 2.86. The normalized spacial score (nSPS) is 9.88. The number of aromatic nitrogens is 1. The molecular formula is C11H10NO4. The zero-order valence-corrected chi connectivity index (χ0v) is 8.89. The molecular weight excluding hydrogens is 210 g/mol. The van der Waals surface area contributed by atoms with Gasteiger partial charge in [0.2, 0.25) is 0 Å². The van der Waals surface area contributed by atoms with Crippen molar-refractivity contribution in [1.29, 1.82) is 0 Å². The van der Waals surface area contributed by atoms with Gasteiger partial charge in [0, 0.05) is 6.07 Å². The molecule has 0 aliphatic heterocycles. The molecule has 0 aliphatic carbocycles. The third-order valence-corrected chi connectivity index (χ3v) is 1.94. The van der Waals surface area contributed by atoms with Gasteiger partial charge in [-0.15, -0.1) is 0 Å². The van der Waals surface area contributed by atoms with E-state index in [1.165, 1.54) is 6.20 Å². The zero-order chi connectivity index (χ0) is 11.4. The molecule has 83 valence electrons. The number of benzene rings is 1. The average Bonchev–Trinajstić information content (AvgIpc) is 2.82. The summed E-state index contributed by atoms with van der Waals surface area (Å²) in [5, 5.41) is 0. The maximum Gasteiger partial charge on any atom is 0.399 e. The Bertz CT molecular complexity index is 453. The fourth-order valence-corrected chi connectivity index (χ4v) is 1.18. The average molecular weight is 220 g/mol. The first kappa shape index (κ1) is 10.4. The van der Waals surface area contributed by atoms with Crippen molar-refractivity contribution in [3.63, 3.8) is 0 Å². The van der Waals surface area contributed by atoms with Crippen LogP contribution in [0.5, 0.6) is 23.3 Å². The molecule has 5 heteroatoms. The van der Waals surface area contributed by atoms with E-state index in [-0.39, 0.29) is 6.08 Å². The first-order chi connectivity index (χ1) is 7.83. The summed E-state index contributed by atoms with van der Waals surface area (Å²) in [7, 11) is 3.13. The van der Waals surface area contributed by atoms with Crippen LogP contribution in [-0.2, 0) is 0 Å². The fourth-order valence-electron chi connectivity index (χ4n) is 1.18. The van der Waals surface area contributed by atoms with Gasteiger partial charge in [-0.1, -0.05) is 0 Å². The first-order valence-corrected chi connectivity index (χ1v) is 4.55. The highest BCUT2D eigenvalue weighted by molar-refractivity contribution is 5.46. The van der Waals surface area contributed by atoms with E-state index in [2.05, 4.69) is 11.2 Å². The summed E-state index contributed by atoms with van der Waals surface area (Å²) in [4.78, 5) is 3.80. The summed E-state index contributed by atoms with van der Waals surface area (Å²) < 4.78 is 20.4. The molecule has 5 nitrogen and oxygen atoms in total. The van der Waals surface area contributed by atoms with Gasteiger partial charge in [0.05, 0.1) is 20.4 Å². The van der Waals surface area contributed by atoms with E-state index in [0.29, 0.717) is 17.2 Å². The molecule has 16 heavy (non-hydrogen) atoms. The zero-order valence-electron chi connectivity index (χ0n) is 8.89. The predicted octanol–water partition coefficient (Wildman–Crippen LogP) is 2.28. The molecule has 0 N–H and O–H groups in total. The topological polar surface area (TPSA) is 53.7 Å². The molecule has 2 aromatic rings. The monoisotopic (exact) mass is 220 g/mol. The van der Waals surface area contributed by atoms with E-state index in [1.54, 1.807) is 32.4 Å². The van der Waals surface area contributed by atoms with Gasteiger partial charge in [0.25, 0.3) is 0 Å². The van der Waals surface area contributed by atoms with Crippen molar-refractivity contribution >= 4 is 0 Å². The van der Waals surface area contributed by atoms with Gasteiger partial charge in [-0.3, -0.25) is 0 Å². The molecule has 0 saturated heterocycles. The largest absolute Gasteiger partial charge is 0.497 e. The van der Waals surface area contributed by atoms with Gasteiger partial charge in [-0.05, 0) is 12.1 Å². The fraction of sp³-hybridized carbons (Fsp3) is 0.182. The lowest BCUT2D eigenvalue weighted by atomic mass is 10.3. The molecule has 0 aliphatic rings. The maximum absolute atomic E-state index is 5.35. The van der Waals surface area contributed by atoms with Crippen molar-refractivity contribution < 1.29 is 18.6 Å². The highest BCUT2D eigenvalue weighted by Gasteiger charge is 2.09. The third-order valence-electron chi connectivity index (χ3n) is 1.94. The minimum Gasteiger partial charge on any atom is -0.497 e. The number of methoxy groups -OCH3 is 2. The molecule has 1 heterocycles. The van der Waals surface area contributed by atoms with Gasteiger partial charge in [-0.2, -0.15) is 4.98 Å². The van der Waals surface area contributed by atoms with Crippen LogP contribution in [0.3, 0.4) is 0 Å². The van der Waals surface area contributed by atoms with Crippen LogP contribution < -0.4 is 14.2 Å². The number of rotatable bonds is 4. The summed E-state index contributed by atoms with van der Waals surface area (Å²) >= 11 is 0. The number of hydrogen-bond donors (Lipinski definition) is 0. The van der Waals surface area contributed by atoms with Crippen molar-refractivity contribution in [2.75, 3.05) is 14.2 Å². The standard InChI is InChI=1S/C11H10NO4/c1-13-8-3-4-9(10(7-8)14-2)16-11-12-5-6-15-11/h3-5,7H,1-2H3. The van der Waals surface area contributed by atoms with Crippen LogP contribution in [0.15, 0.2) is 28.8 Å². The molecule has 1 radical (unpaired) electrons. The third kappa shape index (κ3) is 2.08. The van der Waals surface area contributed by atoms with E-state index in [0.717, 1.165) is 0 Å². The molecule has 1 aromatic heterocycles. The second-order valence-corrected chi connectivity index (χ2v) is 2.86. The van der Waals surface area contributed by atoms with Crippen LogP contribution >= 0.6 is 0 Å². The van der Waals surface area contributed by atoms with Crippen molar-refractivity contribution in [2.24, 2.45) is 0 Å². The first-order valence-electron chi connectivity index (χ1n) is 4.55. The molecule has 0 atom stereocenters. The summed E-state index contributed by atoms with van der Waals surface area (Å²) in [5.74, 6) is 1.72.